The van der Waals surface area contributed by atoms with Crippen LogP contribution in [-0.2, 0) is 0 Å². The van der Waals surface area contributed by atoms with E-state index in [1.807, 2.05) is 0 Å². The molecule has 0 aliphatic heterocycles. The van der Waals surface area contributed by atoms with Crippen LogP contribution in [0.25, 0.3) is 0 Å². The Morgan fingerprint density at radius 1 is 1.19 bits per heavy atom. The fourth-order valence-corrected chi connectivity index (χ4v) is 1.15. The molecule has 6 nitrogen and oxygen atoms in total. The number of amides is 1. The third kappa shape index (κ3) is 3.04. The average Bonchev–Trinajstić information content (AvgIpc) is 2.25. The van der Waals surface area contributed by atoms with E-state index in [-0.39, 0.29) is 17.7 Å². The van der Waals surface area contributed by atoms with Crippen molar-refractivity contribution in [3.05, 3.63) is 35.4 Å². The highest BCUT2D eigenvalue weighted by Gasteiger charge is 2.15. The minimum absolute atomic E-state index is 0.0179. The number of aromatic carboxylic acids is 1. The van der Waals surface area contributed by atoms with Crippen LogP contribution in [0.2, 0.25) is 0 Å². The standard InChI is InChI=1S/C10H11NO5/c12-8(13)5-11-9(14)6-3-1-2-4-7(6)10(15)16/h1-4,8,12-13H,5H2,(H,11,14)(H,15,16). The van der Waals surface area contributed by atoms with Crippen molar-refractivity contribution >= 4 is 11.9 Å². The van der Waals surface area contributed by atoms with Crippen LogP contribution in [0.4, 0.5) is 0 Å². The molecule has 0 radical (unpaired) electrons. The van der Waals surface area contributed by atoms with Gasteiger partial charge in [0.1, 0.15) is 0 Å². The van der Waals surface area contributed by atoms with Gasteiger partial charge in [-0.25, -0.2) is 4.79 Å². The van der Waals surface area contributed by atoms with Gasteiger partial charge in [0.15, 0.2) is 6.29 Å². The number of rotatable bonds is 4. The highest BCUT2D eigenvalue weighted by Crippen LogP contribution is 2.08. The minimum Gasteiger partial charge on any atom is -0.478 e. The zero-order valence-corrected chi connectivity index (χ0v) is 8.25. The predicted molar refractivity (Wildman–Crippen MR) is 54.0 cm³/mol. The molecule has 0 saturated heterocycles. The average molecular weight is 225 g/mol. The van der Waals surface area contributed by atoms with E-state index in [1.165, 1.54) is 24.3 Å². The number of hydrogen-bond donors (Lipinski definition) is 4. The van der Waals surface area contributed by atoms with Crippen molar-refractivity contribution in [1.82, 2.24) is 5.32 Å². The van der Waals surface area contributed by atoms with Crippen molar-refractivity contribution in [2.75, 3.05) is 6.54 Å². The quantitative estimate of drug-likeness (QED) is 0.513. The molecule has 0 aliphatic rings. The molecule has 0 unspecified atom stereocenters. The lowest BCUT2D eigenvalue weighted by atomic mass is 10.1. The normalized spacial score (nSPS) is 10.2. The van der Waals surface area contributed by atoms with E-state index < -0.39 is 18.2 Å². The van der Waals surface area contributed by atoms with Gasteiger partial charge < -0.3 is 20.6 Å². The van der Waals surface area contributed by atoms with E-state index in [9.17, 15) is 9.59 Å². The van der Waals surface area contributed by atoms with Gasteiger partial charge in [-0.2, -0.15) is 0 Å². The molecule has 0 fully saturated rings. The highest BCUT2D eigenvalue weighted by molar-refractivity contribution is 6.04. The largest absolute Gasteiger partial charge is 0.478 e. The third-order valence-electron chi connectivity index (χ3n) is 1.85. The molecule has 0 aromatic heterocycles. The second kappa shape index (κ2) is 5.24. The van der Waals surface area contributed by atoms with Crippen LogP contribution in [-0.4, -0.2) is 40.0 Å². The van der Waals surface area contributed by atoms with Gasteiger partial charge in [-0.15, -0.1) is 0 Å². The molecule has 86 valence electrons. The Bertz CT molecular complexity index is 402. The molecule has 1 aromatic carbocycles. The molecule has 0 saturated carbocycles. The second-order valence-corrected chi connectivity index (χ2v) is 3.04. The molecule has 0 heterocycles. The van der Waals surface area contributed by atoms with Gasteiger partial charge in [-0.05, 0) is 12.1 Å². The maximum atomic E-state index is 11.5. The van der Waals surface area contributed by atoms with Crippen LogP contribution in [0.3, 0.4) is 0 Å². The molecule has 0 spiro atoms. The topological polar surface area (TPSA) is 107 Å². The zero-order chi connectivity index (χ0) is 12.1. The number of aliphatic hydroxyl groups excluding tert-OH is 1. The summed E-state index contributed by atoms with van der Waals surface area (Å²) in [5, 5.41) is 28.1. The predicted octanol–water partition coefficient (Wildman–Crippen LogP) is -0.575. The number of carboxylic acid groups (broad SMARTS) is 1. The van der Waals surface area contributed by atoms with Gasteiger partial charge in [-0.3, -0.25) is 4.79 Å². The van der Waals surface area contributed by atoms with Crippen LogP contribution in [0, 0.1) is 0 Å². The van der Waals surface area contributed by atoms with Gasteiger partial charge in [0.05, 0.1) is 17.7 Å². The lowest BCUT2D eigenvalue weighted by molar-refractivity contribution is -0.0361. The fourth-order valence-electron chi connectivity index (χ4n) is 1.15. The van der Waals surface area contributed by atoms with Crippen LogP contribution in [0.5, 0.6) is 0 Å². The molecule has 0 bridgehead atoms. The first-order valence-corrected chi connectivity index (χ1v) is 4.49. The molecule has 1 amide bonds. The Morgan fingerprint density at radius 3 is 2.25 bits per heavy atom. The summed E-state index contributed by atoms with van der Waals surface area (Å²) in [6.07, 6.45) is -1.67. The number of carbonyl (C=O) groups is 2. The van der Waals surface area contributed by atoms with E-state index >= 15 is 0 Å². The zero-order valence-electron chi connectivity index (χ0n) is 8.25. The second-order valence-electron chi connectivity index (χ2n) is 3.04. The SMILES string of the molecule is O=C(O)c1ccccc1C(=O)NCC(O)O. The van der Waals surface area contributed by atoms with Crippen LogP contribution < -0.4 is 5.32 Å². The van der Waals surface area contributed by atoms with Gasteiger partial charge in [-0.1, -0.05) is 12.1 Å². The number of nitrogens with one attached hydrogen (secondary N) is 1. The number of hydrogen-bond acceptors (Lipinski definition) is 4. The van der Waals surface area contributed by atoms with Crippen LogP contribution in [0.15, 0.2) is 24.3 Å². The van der Waals surface area contributed by atoms with E-state index in [2.05, 4.69) is 5.32 Å². The summed E-state index contributed by atoms with van der Waals surface area (Å²) < 4.78 is 0. The summed E-state index contributed by atoms with van der Waals surface area (Å²) in [7, 11) is 0. The molecule has 1 rings (SSSR count). The number of aliphatic hydroxyl groups is 2. The molecule has 4 N–H and O–H groups in total. The van der Waals surface area contributed by atoms with Crippen molar-refractivity contribution < 1.29 is 24.9 Å². The first-order chi connectivity index (χ1) is 7.52. The van der Waals surface area contributed by atoms with Crippen LogP contribution >= 0.6 is 0 Å². The molecule has 1 aromatic rings. The Hall–Kier alpha value is -1.92. The monoisotopic (exact) mass is 225 g/mol. The maximum Gasteiger partial charge on any atom is 0.336 e. The van der Waals surface area contributed by atoms with Gasteiger partial charge >= 0.3 is 5.97 Å². The summed E-state index contributed by atoms with van der Waals surface area (Å²) in [6.45, 7) is -0.354. The Kier molecular flexibility index (Phi) is 3.98. The Labute approximate surface area is 91.1 Å². The molecule has 6 heteroatoms. The maximum absolute atomic E-state index is 11.5. The van der Waals surface area contributed by atoms with Gasteiger partial charge in [0.25, 0.3) is 5.91 Å². The van der Waals surface area contributed by atoms with Crippen molar-refractivity contribution in [2.45, 2.75) is 6.29 Å². The van der Waals surface area contributed by atoms with Gasteiger partial charge in [0.2, 0.25) is 0 Å². The molecular formula is C10H11NO5. The van der Waals surface area contributed by atoms with Crippen molar-refractivity contribution in [1.29, 1.82) is 0 Å². The van der Waals surface area contributed by atoms with E-state index in [0.29, 0.717) is 0 Å². The first kappa shape index (κ1) is 12.2. The van der Waals surface area contributed by atoms with E-state index in [1.54, 1.807) is 0 Å². The lowest BCUT2D eigenvalue weighted by Crippen LogP contribution is -2.32. The number of benzene rings is 1. The molecular weight excluding hydrogens is 214 g/mol. The summed E-state index contributed by atoms with van der Waals surface area (Å²) in [5.74, 6) is -1.87. The van der Waals surface area contributed by atoms with Crippen molar-refractivity contribution in [2.24, 2.45) is 0 Å². The molecule has 0 atom stereocenters. The summed E-state index contributed by atoms with van der Waals surface area (Å²) >= 11 is 0. The Balaban J connectivity index is 2.86. The fraction of sp³-hybridized carbons (Fsp3) is 0.200. The molecule has 0 aliphatic carbocycles. The van der Waals surface area contributed by atoms with Crippen LogP contribution in [0.1, 0.15) is 20.7 Å². The first-order valence-electron chi connectivity index (χ1n) is 4.49. The Morgan fingerprint density at radius 2 is 1.75 bits per heavy atom. The smallest absolute Gasteiger partial charge is 0.336 e. The van der Waals surface area contributed by atoms with E-state index in [0.717, 1.165) is 0 Å². The lowest BCUT2D eigenvalue weighted by Gasteiger charge is -2.08. The minimum atomic E-state index is -1.67. The van der Waals surface area contributed by atoms with Crippen molar-refractivity contribution in [3.8, 4) is 0 Å². The van der Waals surface area contributed by atoms with E-state index in [4.69, 9.17) is 15.3 Å². The summed E-state index contributed by atoms with van der Waals surface area (Å²) in [5.41, 5.74) is -0.150. The number of carboxylic acids is 1. The molecule has 16 heavy (non-hydrogen) atoms. The van der Waals surface area contributed by atoms with Crippen molar-refractivity contribution in [3.63, 3.8) is 0 Å². The summed E-state index contributed by atoms with van der Waals surface area (Å²) in [6, 6.07) is 5.67. The highest BCUT2D eigenvalue weighted by atomic mass is 16.5. The van der Waals surface area contributed by atoms with Gasteiger partial charge in [0, 0.05) is 0 Å². The number of carbonyl (C=O) groups excluding carboxylic acids is 1. The third-order valence-corrected chi connectivity index (χ3v) is 1.85. The summed E-state index contributed by atoms with van der Waals surface area (Å²) in [4.78, 5) is 22.3.